The number of likely N-dealkylation sites (tertiary alicyclic amines) is 1. The zero-order valence-corrected chi connectivity index (χ0v) is 8.92. The molecular formula is C11H19NO2. The number of carbonyl (C=O) groups excluding carboxylic acids is 1. The second-order valence-electron chi connectivity index (χ2n) is 4.43. The number of ketones is 1. The van der Waals surface area contributed by atoms with Crippen molar-refractivity contribution in [1.29, 1.82) is 0 Å². The van der Waals surface area contributed by atoms with Crippen LogP contribution in [0.3, 0.4) is 0 Å². The lowest BCUT2D eigenvalue weighted by atomic mass is 9.84. The van der Waals surface area contributed by atoms with E-state index in [1.165, 1.54) is 0 Å². The minimum absolute atomic E-state index is 0.0823. The fourth-order valence-corrected chi connectivity index (χ4v) is 2.48. The van der Waals surface area contributed by atoms with Gasteiger partial charge in [-0.2, -0.15) is 0 Å². The van der Waals surface area contributed by atoms with Crippen molar-refractivity contribution in [3.8, 4) is 0 Å². The lowest BCUT2D eigenvalue weighted by molar-refractivity contribution is -0.147. The van der Waals surface area contributed by atoms with Gasteiger partial charge in [0.05, 0.1) is 12.2 Å². The number of nitrogens with zero attached hydrogens (tertiary/aromatic N) is 1. The van der Waals surface area contributed by atoms with Gasteiger partial charge in [-0.05, 0) is 19.4 Å². The second kappa shape index (κ2) is 3.99. The summed E-state index contributed by atoms with van der Waals surface area (Å²) in [5.74, 6) is 0.390. The Labute approximate surface area is 85.4 Å². The van der Waals surface area contributed by atoms with E-state index in [9.17, 15) is 4.79 Å². The summed E-state index contributed by atoms with van der Waals surface area (Å²) in [5.41, 5.74) is -0.0823. The largest absolute Gasteiger partial charge is 0.374 e. The number of ether oxygens (including phenoxy) is 1. The van der Waals surface area contributed by atoms with E-state index in [2.05, 4.69) is 11.8 Å². The summed E-state index contributed by atoms with van der Waals surface area (Å²) >= 11 is 0. The molecule has 2 aliphatic rings. The van der Waals surface area contributed by atoms with Crippen LogP contribution in [0.1, 0.15) is 32.6 Å². The molecule has 0 bridgehead atoms. The van der Waals surface area contributed by atoms with Gasteiger partial charge >= 0.3 is 0 Å². The van der Waals surface area contributed by atoms with Crippen LogP contribution >= 0.6 is 0 Å². The summed E-state index contributed by atoms with van der Waals surface area (Å²) in [7, 11) is 0. The molecule has 0 amide bonds. The van der Waals surface area contributed by atoms with Gasteiger partial charge in [0.25, 0.3) is 0 Å². The van der Waals surface area contributed by atoms with Crippen molar-refractivity contribution in [1.82, 2.24) is 4.90 Å². The summed E-state index contributed by atoms with van der Waals surface area (Å²) in [6.07, 6.45) is 3.35. The molecule has 14 heavy (non-hydrogen) atoms. The molecule has 3 nitrogen and oxygen atoms in total. The molecule has 0 unspecified atom stereocenters. The molecule has 0 aliphatic carbocycles. The highest BCUT2D eigenvalue weighted by Gasteiger charge is 2.39. The van der Waals surface area contributed by atoms with Crippen molar-refractivity contribution in [2.45, 2.75) is 38.2 Å². The zero-order valence-electron chi connectivity index (χ0n) is 8.92. The minimum Gasteiger partial charge on any atom is -0.374 e. The first kappa shape index (κ1) is 10.1. The summed E-state index contributed by atoms with van der Waals surface area (Å²) in [6, 6.07) is 0. The molecule has 0 aromatic carbocycles. The number of rotatable bonds is 1. The summed E-state index contributed by atoms with van der Waals surface area (Å²) in [4.78, 5) is 13.8. The highest BCUT2D eigenvalue weighted by Crippen LogP contribution is 2.33. The van der Waals surface area contributed by atoms with E-state index in [1.54, 1.807) is 0 Å². The highest BCUT2D eigenvalue weighted by atomic mass is 16.5. The quantitative estimate of drug-likeness (QED) is 0.633. The topological polar surface area (TPSA) is 29.5 Å². The van der Waals surface area contributed by atoms with E-state index in [0.717, 1.165) is 32.5 Å². The van der Waals surface area contributed by atoms with Gasteiger partial charge in [-0.1, -0.05) is 6.92 Å². The molecule has 0 aromatic heterocycles. The zero-order chi connectivity index (χ0) is 10.0. The second-order valence-corrected chi connectivity index (χ2v) is 4.43. The van der Waals surface area contributed by atoms with Gasteiger partial charge in [-0.25, -0.2) is 0 Å². The number of piperidine rings is 1. The fraction of sp³-hybridized carbons (Fsp3) is 0.909. The average Bonchev–Trinajstić information content (AvgIpc) is 2.19. The van der Waals surface area contributed by atoms with Gasteiger partial charge in [0.15, 0.2) is 0 Å². The smallest absolute Gasteiger partial charge is 0.138 e. The lowest BCUT2D eigenvalue weighted by Crippen LogP contribution is -2.49. The molecule has 0 atom stereocenters. The fourth-order valence-electron chi connectivity index (χ4n) is 2.48. The maximum Gasteiger partial charge on any atom is 0.138 e. The number of Topliss-reactive ketones (excluding diaryl/α,β-unsaturated/α-hetero) is 1. The Morgan fingerprint density at radius 1 is 1.43 bits per heavy atom. The molecular weight excluding hydrogens is 178 g/mol. The van der Waals surface area contributed by atoms with Gasteiger partial charge in [-0.3, -0.25) is 4.79 Å². The van der Waals surface area contributed by atoms with E-state index in [1.807, 2.05) is 0 Å². The van der Waals surface area contributed by atoms with Crippen LogP contribution in [0, 0.1) is 0 Å². The van der Waals surface area contributed by atoms with Crippen LogP contribution in [-0.2, 0) is 9.53 Å². The van der Waals surface area contributed by atoms with E-state index in [4.69, 9.17) is 4.74 Å². The average molecular weight is 197 g/mol. The Morgan fingerprint density at radius 2 is 2.14 bits per heavy atom. The Hall–Kier alpha value is -0.410. The molecule has 80 valence electrons. The summed E-state index contributed by atoms with van der Waals surface area (Å²) < 4.78 is 5.82. The molecule has 0 radical (unpaired) electrons. The third-order valence-corrected chi connectivity index (χ3v) is 3.52. The van der Waals surface area contributed by atoms with Gasteiger partial charge in [-0.15, -0.1) is 0 Å². The summed E-state index contributed by atoms with van der Waals surface area (Å²) in [5, 5.41) is 0. The first-order chi connectivity index (χ1) is 6.74. The van der Waals surface area contributed by atoms with E-state index >= 15 is 0 Å². The third-order valence-electron chi connectivity index (χ3n) is 3.52. The van der Waals surface area contributed by atoms with Crippen molar-refractivity contribution >= 4 is 5.78 Å². The molecule has 3 heteroatoms. The van der Waals surface area contributed by atoms with E-state index in [-0.39, 0.29) is 5.60 Å². The van der Waals surface area contributed by atoms with E-state index < -0.39 is 0 Å². The van der Waals surface area contributed by atoms with Gasteiger partial charge in [0.2, 0.25) is 0 Å². The normalized spacial score (nSPS) is 28.2. The van der Waals surface area contributed by atoms with Crippen molar-refractivity contribution in [2.75, 3.05) is 26.2 Å². The number of hydrogen-bond acceptors (Lipinski definition) is 3. The number of hydrogen-bond donors (Lipinski definition) is 0. The van der Waals surface area contributed by atoms with Crippen LogP contribution in [0.25, 0.3) is 0 Å². The van der Waals surface area contributed by atoms with Crippen LogP contribution in [0.2, 0.25) is 0 Å². The molecule has 2 heterocycles. The van der Waals surface area contributed by atoms with E-state index in [0.29, 0.717) is 25.2 Å². The van der Waals surface area contributed by atoms with Gasteiger partial charge in [0.1, 0.15) is 5.78 Å². The van der Waals surface area contributed by atoms with Crippen LogP contribution in [-0.4, -0.2) is 42.5 Å². The van der Waals surface area contributed by atoms with Gasteiger partial charge in [0, 0.05) is 25.9 Å². The molecule has 0 saturated carbocycles. The first-order valence-corrected chi connectivity index (χ1v) is 5.62. The van der Waals surface area contributed by atoms with Crippen LogP contribution in [0.5, 0.6) is 0 Å². The Bertz CT molecular complexity index is 219. The molecule has 2 saturated heterocycles. The number of carbonyl (C=O) groups is 1. The monoisotopic (exact) mass is 197 g/mol. The molecule has 0 aromatic rings. The van der Waals surface area contributed by atoms with Crippen LogP contribution in [0.4, 0.5) is 0 Å². The molecule has 2 rings (SSSR count). The molecule has 0 N–H and O–H groups in total. The standard InChI is InChI=1S/C11H19NO2/c1-2-12-6-4-11(5-7-12)9-10(13)3-8-14-11/h2-9H2,1H3. The van der Waals surface area contributed by atoms with Gasteiger partial charge < -0.3 is 9.64 Å². The Kier molecular flexibility index (Phi) is 2.88. The third kappa shape index (κ3) is 1.98. The Morgan fingerprint density at radius 3 is 2.71 bits per heavy atom. The first-order valence-electron chi connectivity index (χ1n) is 5.62. The van der Waals surface area contributed by atoms with Crippen molar-refractivity contribution in [3.63, 3.8) is 0 Å². The van der Waals surface area contributed by atoms with Crippen LogP contribution in [0.15, 0.2) is 0 Å². The SMILES string of the molecule is CCN1CCC2(CC1)CC(=O)CCO2. The highest BCUT2D eigenvalue weighted by molar-refractivity contribution is 5.80. The lowest BCUT2D eigenvalue weighted by Gasteiger charge is -2.43. The molecule has 2 fully saturated rings. The predicted octanol–water partition coefficient (Wildman–Crippen LogP) is 1.22. The maximum atomic E-state index is 11.4. The maximum absolute atomic E-state index is 11.4. The molecule has 1 spiro atoms. The van der Waals surface area contributed by atoms with Crippen molar-refractivity contribution in [3.05, 3.63) is 0 Å². The minimum atomic E-state index is -0.0823. The van der Waals surface area contributed by atoms with Crippen molar-refractivity contribution < 1.29 is 9.53 Å². The summed E-state index contributed by atoms with van der Waals surface area (Å²) in [6.45, 7) is 6.12. The van der Waals surface area contributed by atoms with Crippen molar-refractivity contribution in [2.24, 2.45) is 0 Å². The predicted molar refractivity (Wildman–Crippen MR) is 54.3 cm³/mol. The Balaban J connectivity index is 1.94. The molecule has 2 aliphatic heterocycles. The van der Waals surface area contributed by atoms with Crippen LogP contribution < -0.4 is 0 Å².